The molecule has 0 aliphatic carbocycles. The molecule has 2 saturated heterocycles. The van der Waals surface area contributed by atoms with E-state index in [1.54, 1.807) is 0 Å². The summed E-state index contributed by atoms with van der Waals surface area (Å²) in [5.74, 6) is 0.344. The van der Waals surface area contributed by atoms with E-state index in [0.29, 0.717) is 25.9 Å². The minimum Gasteiger partial charge on any atom is -0.382 e. The van der Waals surface area contributed by atoms with Crippen LogP contribution in [0.4, 0.5) is 0 Å². The van der Waals surface area contributed by atoms with Crippen molar-refractivity contribution in [3.05, 3.63) is 48.0 Å². The van der Waals surface area contributed by atoms with Crippen molar-refractivity contribution < 1.29 is 14.4 Å². The molecule has 3 aliphatic heterocycles. The van der Waals surface area contributed by atoms with Gasteiger partial charge in [-0.25, -0.2) is 0 Å². The van der Waals surface area contributed by atoms with Gasteiger partial charge < -0.3 is 14.6 Å². The van der Waals surface area contributed by atoms with E-state index in [0.717, 1.165) is 44.5 Å². The average Bonchev–Trinajstić information content (AvgIpc) is 3.51. The van der Waals surface area contributed by atoms with Gasteiger partial charge in [0.25, 0.3) is 5.91 Å². The number of hydrogen-bond donors (Lipinski definition) is 0. The Morgan fingerprint density at radius 2 is 1.61 bits per heavy atom. The van der Waals surface area contributed by atoms with Gasteiger partial charge in [-0.15, -0.1) is 0 Å². The number of nitrogens with zero attached hydrogens (tertiary/aromatic N) is 3. The highest BCUT2D eigenvalue weighted by Gasteiger charge is 2.36. The Labute approximate surface area is 182 Å². The molecule has 0 radical (unpaired) electrons. The number of oxime groups is 1. The molecule has 3 aliphatic rings. The average molecular weight is 420 g/mol. The number of likely N-dealkylation sites (tertiary alicyclic amines) is 2. The monoisotopic (exact) mass is 419 g/mol. The summed E-state index contributed by atoms with van der Waals surface area (Å²) in [4.78, 5) is 35.0. The first-order chi connectivity index (χ1) is 15.2. The van der Waals surface area contributed by atoms with E-state index in [4.69, 9.17) is 4.84 Å². The van der Waals surface area contributed by atoms with E-state index in [2.05, 4.69) is 35.5 Å². The van der Waals surface area contributed by atoms with Crippen molar-refractivity contribution >= 4 is 28.3 Å². The first-order valence-corrected chi connectivity index (χ1v) is 11.4. The smallest absolute Gasteiger partial charge is 0.266 e. The molecule has 2 aromatic carbocycles. The molecule has 3 heterocycles. The van der Waals surface area contributed by atoms with Crippen LogP contribution in [0.5, 0.6) is 0 Å². The molecule has 0 aromatic heterocycles. The lowest BCUT2D eigenvalue weighted by molar-refractivity contribution is -0.146. The predicted molar refractivity (Wildman–Crippen MR) is 120 cm³/mol. The van der Waals surface area contributed by atoms with Crippen LogP contribution in [-0.4, -0.2) is 59.6 Å². The van der Waals surface area contributed by atoms with E-state index in [9.17, 15) is 9.59 Å². The van der Waals surface area contributed by atoms with Gasteiger partial charge in [0.05, 0.1) is 5.71 Å². The van der Waals surface area contributed by atoms with Crippen molar-refractivity contribution in [2.75, 3.05) is 26.2 Å². The molecule has 6 nitrogen and oxygen atoms in total. The van der Waals surface area contributed by atoms with Gasteiger partial charge in [0.1, 0.15) is 0 Å². The molecule has 31 heavy (non-hydrogen) atoms. The highest BCUT2D eigenvalue weighted by Crippen LogP contribution is 2.25. The Balaban J connectivity index is 1.15. The number of piperidine rings is 1. The summed E-state index contributed by atoms with van der Waals surface area (Å²) in [6.45, 7) is 3.04. The number of hydrogen-bond acceptors (Lipinski definition) is 4. The Morgan fingerprint density at radius 1 is 0.903 bits per heavy atom. The molecule has 6 heteroatoms. The Bertz CT molecular complexity index is 999. The summed E-state index contributed by atoms with van der Waals surface area (Å²) >= 11 is 0. The predicted octanol–water partition coefficient (Wildman–Crippen LogP) is 3.39. The van der Waals surface area contributed by atoms with Gasteiger partial charge >= 0.3 is 0 Å². The fraction of sp³-hybridized carbons (Fsp3) is 0.480. The molecule has 2 aromatic rings. The summed E-state index contributed by atoms with van der Waals surface area (Å²) in [5.41, 5.74) is 2.11. The third kappa shape index (κ3) is 4.16. The quantitative estimate of drug-likeness (QED) is 0.763. The normalized spacial score (nSPS) is 21.9. The SMILES string of the molecule is O=C(C1CCN(C(=O)C2CC(Cc3cccc4ccccc34)=NO2)CC1)N1CCCC1. The van der Waals surface area contributed by atoms with E-state index < -0.39 is 6.10 Å². The van der Waals surface area contributed by atoms with Crippen molar-refractivity contribution in [1.82, 2.24) is 9.80 Å². The maximum absolute atomic E-state index is 13.0. The van der Waals surface area contributed by atoms with Gasteiger partial charge in [-0.3, -0.25) is 9.59 Å². The van der Waals surface area contributed by atoms with Crippen molar-refractivity contribution in [3.8, 4) is 0 Å². The molecule has 2 fully saturated rings. The lowest BCUT2D eigenvalue weighted by atomic mass is 9.94. The number of carbonyl (C=O) groups excluding carboxylic acids is 2. The molecule has 0 saturated carbocycles. The lowest BCUT2D eigenvalue weighted by Gasteiger charge is -2.33. The van der Waals surface area contributed by atoms with Gasteiger partial charge in [0.15, 0.2) is 0 Å². The molecule has 5 rings (SSSR count). The van der Waals surface area contributed by atoms with Gasteiger partial charge in [-0.1, -0.05) is 47.6 Å². The zero-order valence-corrected chi connectivity index (χ0v) is 17.8. The molecular formula is C25H29N3O3. The molecule has 0 N–H and O–H groups in total. The highest BCUT2D eigenvalue weighted by molar-refractivity contribution is 5.97. The van der Waals surface area contributed by atoms with Crippen LogP contribution in [-0.2, 0) is 20.8 Å². The van der Waals surface area contributed by atoms with Crippen LogP contribution in [0.2, 0.25) is 0 Å². The summed E-state index contributed by atoms with van der Waals surface area (Å²) in [6.07, 6.45) is 4.42. The second-order valence-electron chi connectivity index (χ2n) is 8.90. The number of carbonyl (C=O) groups is 2. The van der Waals surface area contributed by atoms with Crippen molar-refractivity contribution in [2.24, 2.45) is 11.1 Å². The first-order valence-electron chi connectivity index (χ1n) is 11.4. The molecular weight excluding hydrogens is 390 g/mol. The highest BCUT2D eigenvalue weighted by atomic mass is 16.6. The molecule has 1 atom stereocenters. The Morgan fingerprint density at radius 3 is 2.42 bits per heavy atom. The third-order valence-electron chi connectivity index (χ3n) is 6.85. The van der Waals surface area contributed by atoms with Crippen molar-refractivity contribution in [1.29, 1.82) is 0 Å². The number of amides is 2. The van der Waals surface area contributed by atoms with Crippen LogP contribution in [0.1, 0.15) is 37.7 Å². The molecule has 1 unspecified atom stereocenters. The standard InChI is InChI=1S/C25H29N3O3/c29-24(27-12-3-4-13-27)19-10-14-28(15-11-19)25(30)23-17-21(26-31-23)16-20-8-5-7-18-6-1-2-9-22(18)20/h1-2,5-9,19,23H,3-4,10-17H2. The Hall–Kier alpha value is -2.89. The number of benzene rings is 2. The largest absolute Gasteiger partial charge is 0.382 e. The van der Waals surface area contributed by atoms with E-state index >= 15 is 0 Å². The van der Waals surface area contributed by atoms with Crippen LogP contribution < -0.4 is 0 Å². The number of rotatable bonds is 4. The van der Waals surface area contributed by atoms with Crippen LogP contribution in [0, 0.1) is 5.92 Å². The summed E-state index contributed by atoms with van der Waals surface area (Å²) in [6, 6.07) is 14.6. The second-order valence-corrected chi connectivity index (χ2v) is 8.90. The van der Waals surface area contributed by atoms with Crippen LogP contribution >= 0.6 is 0 Å². The lowest BCUT2D eigenvalue weighted by Crippen LogP contribution is -2.47. The maximum Gasteiger partial charge on any atom is 0.266 e. The maximum atomic E-state index is 13.0. The second kappa shape index (κ2) is 8.69. The van der Waals surface area contributed by atoms with Gasteiger partial charge in [-0.2, -0.15) is 0 Å². The fourth-order valence-corrected chi connectivity index (χ4v) is 5.08. The van der Waals surface area contributed by atoms with E-state index in [1.807, 2.05) is 21.9 Å². The first kappa shape index (κ1) is 20.0. The van der Waals surface area contributed by atoms with Crippen LogP contribution in [0.25, 0.3) is 10.8 Å². The summed E-state index contributed by atoms with van der Waals surface area (Å²) in [7, 11) is 0. The summed E-state index contributed by atoms with van der Waals surface area (Å²) in [5, 5.41) is 6.66. The minimum absolute atomic E-state index is 0.00346. The Kier molecular flexibility index (Phi) is 5.62. The van der Waals surface area contributed by atoms with E-state index in [-0.39, 0.29) is 17.7 Å². The zero-order valence-electron chi connectivity index (χ0n) is 17.8. The van der Waals surface area contributed by atoms with Gasteiger partial charge in [0.2, 0.25) is 12.0 Å². The molecule has 162 valence electrons. The molecule has 0 spiro atoms. The topological polar surface area (TPSA) is 62.2 Å². The van der Waals surface area contributed by atoms with Gasteiger partial charge in [0, 0.05) is 44.9 Å². The van der Waals surface area contributed by atoms with E-state index in [1.165, 1.54) is 16.3 Å². The van der Waals surface area contributed by atoms with Crippen molar-refractivity contribution in [2.45, 2.75) is 44.6 Å². The summed E-state index contributed by atoms with van der Waals surface area (Å²) < 4.78 is 0. The molecule has 0 bridgehead atoms. The fourth-order valence-electron chi connectivity index (χ4n) is 5.08. The van der Waals surface area contributed by atoms with Crippen LogP contribution in [0.3, 0.4) is 0 Å². The van der Waals surface area contributed by atoms with Gasteiger partial charge in [-0.05, 0) is 42.0 Å². The molecule has 2 amide bonds. The number of fused-ring (bicyclic) bond motifs is 1. The van der Waals surface area contributed by atoms with Crippen molar-refractivity contribution in [3.63, 3.8) is 0 Å². The minimum atomic E-state index is -0.532. The third-order valence-corrected chi connectivity index (χ3v) is 6.85. The zero-order chi connectivity index (χ0) is 21.2. The van der Waals surface area contributed by atoms with Crippen LogP contribution in [0.15, 0.2) is 47.6 Å².